The molecule has 0 spiro atoms. The van der Waals surface area contributed by atoms with Gasteiger partial charge in [-0.1, -0.05) is 35.4 Å². The third-order valence-corrected chi connectivity index (χ3v) is 3.72. The Bertz CT molecular complexity index is 827. The van der Waals surface area contributed by atoms with E-state index in [1.807, 2.05) is 39.0 Å². The molecule has 2 N–H and O–H groups in total. The van der Waals surface area contributed by atoms with E-state index in [4.69, 9.17) is 11.6 Å². The number of hydrogen-bond donors (Lipinski definition) is 2. The summed E-state index contributed by atoms with van der Waals surface area (Å²) in [6.07, 6.45) is 1.42. The fourth-order valence-electron chi connectivity index (χ4n) is 2.47. The molecule has 0 fully saturated rings. The standard InChI is InChI=1S/C19H18ClN3O/c1-12-7-13(2)18(14(3)8-12)22-11-15(10-21)19(24)23-17-6-4-5-16(20)9-17/h4-9,11,22H,1-3H3,(H,23,24)/b15-11-. The molecule has 0 aliphatic rings. The Balaban J connectivity index is 2.18. The highest BCUT2D eigenvalue weighted by Gasteiger charge is 2.10. The molecule has 0 bridgehead atoms. The lowest BCUT2D eigenvalue weighted by molar-refractivity contribution is -0.112. The molecular formula is C19H18ClN3O. The quantitative estimate of drug-likeness (QED) is 0.625. The van der Waals surface area contributed by atoms with Crippen molar-refractivity contribution in [3.8, 4) is 6.07 Å². The Labute approximate surface area is 146 Å². The number of aryl methyl sites for hydroxylation is 3. The molecule has 0 unspecified atom stereocenters. The number of rotatable bonds is 4. The van der Waals surface area contributed by atoms with E-state index in [-0.39, 0.29) is 5.57 Å². The van der Waals surface area contributed by atoms with Crippen LogP contribution in [-0.4, -0.2) is 5.91 Å². The highest BCUT2D eigenvalue weighted by atomic mass is 35.5. The predicted octanol–water partition coefficient (Wildman–Crippen LogP) is 4.72. The maximum absolute atomic E-state index is 12.2. The predicted molar refractivity (Wildman–Crippen MR) is 98.1 cm³/mol. The molecular weight excluding hydrogens is 322 g/mol. The van der Waals surface area contributed by atoms with Gasteiger partial charge in [0.05, 0.1) is 0 Å². The van der Waals surface area contributed by atoms with Gasteiger partial charge in [0, 0.05) is 22.6 Å². The van der Waals surface area contributed by atoms with Crippen molar-refractivity contribution in [1.82, 2.24) is 0 Å². The van der Waals surface area contributed by atoms with Crippen LogP contribution in [0.1, 0.15) is 16.7 Å². The minimum absolute atomic E-state index is 0.0191. The molecule has 0 atom stereocenters. The van der Waals surface area contributed by atoms with Crippen molar-refractivity contribution in [2.45, 2.75) is 20.8 Å². The van der Waals surface area contributed by atoms with E-state index in [9.17, 15) is 10.1 Å². The van der Waals surface area contributed by atoms with E-state index in [0.717, 1.165) is 16.8 Å². The molecule has 0 saturated heterocycles. The lowest BCUT2D eigenvalue weighted by Crippen LogP contribution is -2.14. The highest BCUT2D eigenvalue weighted by molar-refractivity contribution is 6.31. The summed E-state index contributed by atoms with van der Waals surface area (Å²) in [6.45, 7) is 5.99. The van der Waals surface area contributed by atoms with Crippen molar-refractivity contribution in [2.75, 3.05) is 10.6 Å². The molecule has 0 aliphatic heterocycles. The first-order valence-electron chi connectivity index (χ1n) is 7.42. The molecule has 4 nitrogen and oxygen atoms in total. The number of carbonyl (C=O) groups excluding carboxylic acids is 1. The molecule has 0 heterocycles. The van der Waals surface area contributed by atoms with Crippen molar-refractivity contribution in [3.05, 3.63) is 69.9 Å². The molecule has 0 radical (unpaired) electrons. The fourth-order valence-corrected chi connectivity index (χ4v) is 2.66. The van der Waals surface area contributed by atoms with E-state index in [1.165, 1.54) is 11.8 Å². The monoisotopic (exact) mass is 339 g/mol. The first-order valence-corrected chi connectivity index (χ1v) is 7.80. The summed E-state index contributed by atoms with van der Waals surface area (Å²) >= 11 is 5.89. The van der Waals surface area contributed by atoms with Crippen LogP contribution in [-0.2, 0) is 4.79 Å². The largest absolute Gasteiger partial charge is 0.360 e. The van der Waals surface area contributed by atoms with E-state index >= 15 is 0 Å². The molecule has 2 aromatic rings. The number of anilines is 2. The topological polar surface area (TPSA) is 64.9 Å². The van der Waals surface area contributed by atoms with Crippen LogP contribution in [0.3, 0.4) is 0 Å². The summed E-state index contributed by atoms with van der Waals surface area (Å²) in [4.78, 5) is 12.2. The Morgan fingerprint density at radius 2 is 1.83 bits per heavy atom. The van der Waals surface area contributed by atoms with Crippen LogP contribution in [0.2, 0.25) is 5.02 Å². The normalized spacial score (nSPS) is 10.9. The van der Waals surface area contributed by atoms with Crippen LogP contribution >= 0.6 is 11.6 Å². The van der Waals surface area contributed by atoms with Crippen LogP contribution in [0.15, 0.2) is 48.2 Å². The number of benzene rings is 2. The first kappa shape index (κ1) is 17.6. The van der Waals surface area contributed by atoms with Crippen molar-refractivity contribution < 1.29 is 4.79 Å². The van der Waals surface area contributed by atoms with Gasteiger partial charge in [-0.15, -0.1) is 0 Å². The van der Waals surface area contributed by atoms with Gasteiger partial charge in [0.1, 0.15) is 11.6 Å². The second-order valence-corrected chi connectivity index (χ2v) is 5.99. The van der Waals surface area contributed by atoms with Crippen LogP contribution in [0.4, 0.5) is 11.4 Å². The van der Waals surface area contributed by atoms with Crippen LogP contribution in [0, 0.1) is 32.1 Å². The molecule has 1 amide bonds. The van der Waals surface area contributed by atoms with Gasteiger partial charge in [0.2, 0.25) is 0 Å². The van der Waals surface area contributed by atoms with Gasteiger partial charge in [0.15, 0.2) is 0 Å². The van der Waals surface area contributed by atoms with Crippen LogP contribution in [0.5, 0.6) is 0 Å². The fraction of sp³-hybridized carbons (Fsp3) is 0.158. The number of nitrogens with one attached hydrogen (secondary N) is 2. The van der Waals surface area contributed by atoms with E-state index in [0.29, 0.717) is 10.7 Å². The lowest BCUT2D eigenvalue weighted by Gasteiger charge is -2.11. The summed E-state index contributed by atoms with van der Waals surface area (Å²) in [7, 11) is 0. The zero-order valence-corrected chi connectivity index (χ0v) is 14.5. The molecule has 0 aliphatic carbocycles. The summed E-state index contributed by atoms with van der Waals surface area (Å²) < 4.78 is 0. The minimum atomic E-state index is -0.491. The van der Waals surface area contributed by atoms with Crippen molar-refractivity contribution >= 4 is 28.9 Å². The molecule has 5 heteroatoms. The second-order valence-electron chi connectivity index (χ2n) is 5.55. The average Bonchev–Trinajstić information content (AvgIpc) is 2.49. The molecule has 2 rings (SSSR count). The third kappa shape index (κ3) is 4.37. The molecule has 0 aromatic heterocycles. The van der Waals surface area contributed by atoms with Gasteiger partial charge < -0.3 is 10.6 Å². The number of hydrogen-bond acceptors (Lipinski definition) is 3. The number of carbonyl (C=O) groups is 1. The van der Waals surface area contributed by atoms with Gasteiger partial charge in [-0.2, -0.15) is 5.26 Å². The number of amides is 1. The van der Waals surface area contributed by atoms with Crippen molar-refractivity contribution in [3.63, 3.8) is 0 Å². The zero-order valence-electron chi connectivity index (χ0n) is 13.8. The van der Waals surface area contributed by atoms with Crippen LogP contribution < -0.4 is 10.6 Å². The zero-order chi connectivity index (χ0) is 17.7. The maximum Gasteiger partial charge on any atom is 0.267 e. The summed E-state index contributed by atoms with van der Waals surface area (Å²) in [5, 5.41) is 15.5. The number of nitrogens with zero attached hydrogens (tertiary/aromatic N) is 1. The second kappa shape index (κ2) is 7.67. The van der Waals surface area contributed by atoms with Crippen molar-refractivity contribution in [2.24, 2.45) is 0 Å². The molecule has 2 aromatic carbocycles. The van der Waals surface area contributed by atoms with E-state index in [1.54, 1.807) is 24.3 Å². The number of halogens is 1. The Morgan fingerprint density at radius 1 is 1.17 bits per heavy atom. The highest BCUT2D eigenvalue weighted by Crippen LogP contribution is 2.22. The van der Waals surface area contributed by atoms with Gasteiger partial charge in [-0.25, -0.2) is 0 Å². The first-order chi connectivity index (χ1) is 11.4. The van der Waals surface area contributed by atoms with Crippen molar-refractivity contribution in [1.29, 1.82) is 5.26 Å². The molecule has 122 valence electrons. The molecule has 0 saturated carbocycles. The summed E-state index contributed by atoms with van der Waals surface area (Å²) in [6, 6.07) is 12.8. The third-order valence-electron chi connectivity index (χ3n) is 3.49. The van der Waals surface area contributed by atoms with E-state index in [2.05, 4.69) is 10.6 Å². The Morgan fingerprint density at radius 3 is 2.42 bits per heavy atom. The van der Waals surface area contributed by atoms with Gasteiger partial charge in [-0.05, 0) is 50.1 Å². The lowest BCUT2D eigenvalue weighted by atomic mass is 10.1. The minimum Gasteiger partial charge on any atom is -0.360 e. The maximum atomic E-state index is 12.2. The van der Waals surface area contributed by atoms with E-state index < -0.39 is 5.91 Å². The van der Waals surface area contributed by atoms with Crippen LogP contribution in [0.25, 0.3) is 0 Å². The number of nitriles is 1. The average molecular weight is 340 g/mol. The summed E-state index contributed by atoms with van der Waals surface area (Å²) in [5.41, 5.74) is 4.68. The van der Waals surface area contributed by atoms with Gasteiger partial charge in [-0.3, -0.25) is 4.79 Å². The summed E-state index contributed by atoms with van der Waals surface area (Å²) in [5.74, 6) is -0.491. The Kier molecular flexibility index (Phi) is 5.62. The van der Waals surface area contributed by atoms with Gasteiger partial charge >= 0.3 is 0 Å². The van der Waals surface area contributed by atoms with Gasteiger partial charge in [0.25, 0.3) is 5.91 Å². The molecule has 24 heavy (non-hydrogen) atoms. The SMILES string of the molecule is Cc1cc(C)c(N/C=C(/C#N)C(=O)Nc2cccc(Cl)c2)c(C)c1. The Hall–Kier alpha value is -2.77. The smallest absolute Gasteiger partial charge is 0.267 e.